The molecule has 0 aliphatic rings. The summed E-state index contributed by atoms with van der Waals surface area (Å²) in [6.45, 7) is 6.51. The molecule has 4 heteroatoms. The van der Waals surface area contributed by atoms with Gasteiger partial charge in [-0.3, -0.25) is 0 Å². The molecular formula is C4H6F2OS. The van der Waals surface area contributed by atoms with Crippen molar-refractivity contribution >= 4 is 12.5 Å². The van der Waals surface area contributed by atoms with Crippen molar-refractivity contribution in [3.63, 3.8) is 0 Å². The Morgan fingerprint density at radius 3 is 1.50 bits per heavy atom. The first-order valence-electron chi connectivity index (χ1n) is 1.60. The van der Waals surface area contributed by atoms with Crippen molar-refractivity contribution in [3.05, 3.63) is 25.7 Å². The summed E-state index contributed by atoms with van der Waals surface area (Å²) in [5.74, 6) is 0. The van der Waals surface area contributed by atoms with E-state index >= 15 is 0 Å². The van der Waals surface area contributed by atoms with Gasteiger partial charge in [-0.25, -0.2) is 0 Å². The molecule has 0 radical (unpaired) electrons. The second kappa shape index (κ2) is 16.1. The topological polar surface area (TPSA) is 9.23 Å². The van der Waals surface area contributed by atoms with E-state index in [1.807, 2.05) is 0 Å². The Morgan fingerprint density at radius 1 is 1.25 bits per heavy atom. The van der Waals surface area contributed by atoms with Crippen LogP contribution in [0, 0.1) is 0 Å². The molecule has 8 heavy (non-hydrogen) atoms. The van der Waals surface area contributed by atoms with Crippen LogP contribution < -0.4 is 0 Å². The zero-order valence-corrected chi connectivity index (χ0v) is 4.96. The van der Waals surface area contributed by atoms with Crippen LogP contribution in [0.15, 0.2) is 25.7 Å². The van der Waals surface area contributed by atoms with Gasteiger partial charge in [-0.05, 0) is 0 Å². The fraction of sp³-hybridized carbons (Fsp3) is 0. The number of ether oxygens (including phenoxy) is 1. The van der Waals surface area contributed by atoms with Gasteiger partial charge in [0.15, 0.2) is 0 Å². The molecule has 0 aliphatic heterocycles. The van der Waals surface area contributed by atoms with E-state index in [2.05, 4.69) is 17.9 Å². The maximum atomic E-state index is 9.54. The van der Waals surface area contributed by atoms with Gasteiger partial charge in [0.25, 0.3) is 12.5 Å². The first-order chi connectivity index (χ1) is 3.83. The van der Waals surface area contributed by atoms with Crippen molar-refractivity contribution in [1.82, 2.24) is 0 Å². The summed E-state index contributed by atoms with van der Waals surface area (Å²) in [6.07, 6.45) is 2.62. The summed E-state index contributed by atoms with van der Waals surface area (Å²) < 4.78 is 23.4. The van der Waals surface area contributed by atoms with Crippen molar-refractivity contribution in [2.24, 2.45) is 0 Å². The smallest absolute Gasteiger partial charge is 0.255 e. The molecule has 0 spiro atoms. The number of hydrogen-bond donors (Lipinski definition) is 0. The van der Waals surface area contributed by atoms with E-state index < -0.39 is 12.5 Å². The summed E-state index contributed by atoms with van der Waals surface area (Å²) in [4.78, 5) is 0. The van der Waals surface area contributed by atoms with Crippen molar-refractivity contribution in [2.75, 3.05) is 0 Å². The summed E-state index contributed by atoms with van der Waals surface area (Å²) in [7, 11) is 0. The molecule has 0 saturated heterocycles. The Balaban J connectivity index is 0. The first-order valence-corrected chi connectivity index (χ1v) is 2.21. The Kier molecular flexibility index (Phi) is 21.0. The third kappa shape index (κ3) is 49.9. The van der Waals surface area contributed by atoms with Gasteiger partial charge in [0.2, 0.25) is 0 Å². The van der Waals surface area contributed by atoms with Crippen molar-refractivity contribution in [3.8, 4) is 0 Å². The molecule has 48 valence electrons. The average Bonchev–Trinajstić information content (AvgIpc) is 1.71. The molecule has 0 saturated carbocycles. The van der Waals surface area contributed by atoms with Crippen LogP contribution in [0.3, 0.4) is 0 Å². The molecule has 0 aromatic rings. The monoisotopic (exact) mass is 140 g/mol. The molecular weight excluding hydrogens is 134 g/mol. The second-order valence-electron chi connectivity index (χ2n) is 0.528. The summed E-state index contributed by atoms with van der Waals surface area (Å²) in [5.41, 5.74) is 0. The molecule has 0 amide bonds. The number of rotatable bonds is 2. The van der Waals surface area contributed by atoms with Crippen LogP contribution in [0.5, 0.6) is 0 Å². The van der Waals surface area contributed by atoms with Gasteiger partial charge in [-0.2, -0.15) is 0 Å². The highest BCUT2D eigenvalue weighted by Crippen LogP contribution is 1.95. The standard InChI is InChI=1S/C4H6O.F2S/c1-3-5-4-2;1-3-2/h3-4H,1-2H2;. The van der Waals surface area contributed by atoms with E-state index in [4.69, 9.17) is 0 Å². The fourth-order valence-electron chi connectivity index (χ4n) is 0.0680. The Morgan fingerprint density at radius 2 is 1.50 bits per heavy atom. The minimum atomic E-state index is -1.25. The largest absolute Gasteiger partial charge is 0.474 e. The maximum absolute atomic E-state index is 9.54. The molecule has 0 unspecified atom stereocenters. The van der Waals surface area contributed by atoms with Crippen LogP contribution in [0.4, 0.5) is 7.77 Å². The van der Waals surface area contributed by atoms with Gasteiger partial charge in [0, 0.05) is 0 Å². The van der Waals surface area contributed by atoms with Crippen LogP contribution in [0.25, 0.3) is 0 Å². The summed E-state index contributed by atoms with van der Waals surface area (Å²) >= 11 is -1.25. The van der Waals surface area contributed by atoms with Gasteiger partial charge in [-0.15, -0.1) is 7.77 Å². The van der Waals surface area contributed by atoms with E-state index in [9.17, 15) is 7.77 Å². The number of hydrogen-bond acceptors (Lipinski definition) is 2. The van der Waals surface area contributed by atoms with E-state index in [0.29, 0.717) is 0 Å². The van der Waals surface area contributed by atoms with E-state index in [0.717, 1.165) is 0 Å². The van der Waals surface area contributed by atoms with E-state index in [1.54, 1.807) is 0 Å². The van der Waals surface area contributed by atoms with Crippen LogP contribution in [-0.4, -0.2) is 0 Å². The van der Waals surface area contributed by atoms with Crippen LogP contribution >= 0.6 is 12.5 Å². The molecule has 0 aliphatic carbocycles. The zero-order chi connectivity index (χ0) is 6.83. The normalized spacial score (nSPS) is 5.75. The summed E-state index contributed by atoms with van der Waals surface area (Å²) in [5, 5.41) is 0. The van der Waals surface area contributed by atoms with E-state index in [1.165, 1.54) is 12.5 Å². The second-order valence-corrected chi connectivity index (χ2v) is 0.644. The SMILES string of the molecule is C=COC=C.FSF. The zero-order valence-electron chi connectivity index (χ0n) is 4.14. The molecule has 1 nitrogen and oxygen atoms in total. The van der Waals surface area contributed by atoms with Gasteiger partial charge >= 0.3 is 0 Å². The lowest BCUT2D eigenvalue weighted by atomic mass is 11.1. The van der Waals surface area contributed by atoms with Gasteiger partial charge in [0.1, 0.15) is 0 Å². The molecule has 0 N–H and O–H groups in total. The van der Waals surface area contributed by atoms with Crippen LogP contribution in [0.1, 0.15) is 0 Å². The lowest BCUT2D eigenvalue weighted by Crippen LogP contribution is -1.52. The lowest BCUT2D eigenvalue weighted by molar-refractivity contribution is 0.406. The lowest BCUT2D eigenvalue weighted by Gasteiger charge is -1.76. The minimum Gasteiger partial charge on any atom is -0.474 e. The molecule has 0 bridgehead atoms. The Hall–Kier alpha value is -0.510. The van der Waals surface area contributed by atoms with E-state index in [-0.39, 0.29) is 0 Å². The molecule has 0 aromatic heterocycles. The third-order valence-electron chi connectivity index (χ3n) is 0.192. The average molecular weight is 140 g/mol. The van der Waals surface area contributed by atoms with Crippen molar-refractivity contribution in [2.45, 2.75) is 0 Å². The maximum Gasteiger partial charge on any atom is 0.255 e. The van der Waals surface area contributed by atoms with Crippen molar-refractivity contribution < 1.29 is 12.5 Å². The predicted molar refractivity (Wildman–Crippen MR) is 31.3 cm³/mol. The predicted octanol–water partition coefficient (Wildman–Crippen LogP) is 2.78. The van der Waals surface area contributed by atoms with Gasteiger partial charge in [0.05, 0.1) is 12.5 Å². The molecule has 0 fully saturated rings. The molecule has 0 atom stereocenters. The number of halogens is 2. The Bertz CT molecular complexity index is 52.0. The quantitative estimate of drug-likeness (QED) is 0.545. The van der Waals surface area contributed by atoms with Crippen LogP contribution in [-0.2, 0) is 4.74 Å². The van der Waals surface area contributed by atoms with Gasteiger partial charge < -0.3 is 4.74 Å². The highest BCUT2D eigenvalue weighted by atomic mass is 32.2. The Labute approximate surface area is 51.6 Å². The molecule has 0 aromatic carbocycles. The van der Waals surface area contributed by atoms with Gasteiger partial charge in [-0.1, -0.05) is 13.2 Å². The van der Waals surface area contributed by atoms with Crippen LogP contribution in [0.2, 0.25) is 0 Å². The van der Waals surface area contributed by atoms with Crippen molar-refractivity contribution in [1.29, 1.82) is 0 Å². The minimum absolute atomic E-state index is 1.25. The molecule has 0 rings (SSSR count). The highest BCUT2D eigenvalue weighted by molar-refractivity contribution is 7.89. The molecule has 0 heterocycles. The first kappa shape index (κ1) is 10.5. The third-order valence-corrected chi connectivity index (χ3v) is 0.192. The fourth-order valence-corrected chi connectivity index (χ4v) is 0.0680. The summed E-state index contributed by atoms with van der Waals surface area (Å²) in [6, 6.07) is 0. The highest BCUT2D eigenvalue weighted by Gasteiger charge is 1.49.